The number of hydrogen-bond acceptors (Lipinski definition) is 3. The van der Waals surface area contributed by atoms with Crippen LogP contribution in [0.3, 0.4) is 0 Å². The van der Waals surface area contributed by atoms with Crippen molar-refractivity contribution in [1.29, 1.82) is 0 Å². The maximum absolute atomic E-state index is 13.3. The van der Waals surface area contributed by atoms with E-state index >= 15 is 0 Å². The van der Waals surface area contributed by atoms with Crippen LogP contribution in [0.4, 0.5) is 8.78 Å². The molecule has 117 valence electrons. The molecule has 2 aromatic carbocycles. The standard InChI is InChI=1S/C16H17F2O3Si/c1-11(21-22(19-2)20-3)12-4-6-13(7-5-12)14-8-9-15(17)16(18)10-14/h4-11H,1-3H3. The second-order valence-corrected chi connectivity index (χ2v) is 6.22. The van der Waals surface area contributed by atoms with Crippen LogP contribution in [0.15, 0.2) is 42.5 Å². The van der Waals surface area contributed by atoms with Crippen molar-refractivity contribution in [3.63, 3.8) is 0 Å². The summed E-state index contributed by atoms with van der Waals surface area (Å²) in [5.41, 5.74) is 2.37. The van der Waals surface area contributed by atoms with E-state index in [4.69, 9.17) is 13.3 Å². The van der Waals surface area contributed by atoms with E-state index < -0.39 is 21.2 Å². The van der Waals surface area contributed by atoms with Gasteiger partial charge in [0.1, 0.15) is 0 Å². The van der Waals surface area contributed by atoms with Gasteiger partial charge in [0.2, 0.25) is 0 Å². The third kappa shape index (κ3) is 3.98. The summed E-state index contributed by atoms with van der Waals surface area (Å²) in [5, 5.41) is 0. The van der Waals surface area contributed by atoms with E-state index in [0.717, 1.165) is 17.2 Å². The number of hydrogen-bond donors (Lipinski definition) is 0. The molecule has 0 amide bonds. The Morgan fingerprint density at radius 1 is 0.864 bits per heavy atom. The smallest absolute Gasteiger partial charge is 0.375 e. The highest BCUT2D eigenvalue weighted by atomic mass is 28.3. The monoisotopic (exact) mass is 323 g/mol. The maximum Gasteiger partial charge on any atom is 0.577 e. The zero-order chi connectivity index (χ0) is 16.1. The van der Waals surface area contributed by atoms with Crippen molar-refractivity contribution < 1.29 is 22.1 Å². The number of rotatable bonds is 6. The summed E-state index contributed by atoms with van der Waals surface area (Å²) in [7, 11) is 1.34. The average molecular weight is 323 g/mol. The molecule has 0 heterocycles. The minimum atomic E-state index is -1.73. The van der Waals surface area contributed by atoms with Gasteiger partial charge in [-0.1, -0.05) is 30.3 Å². The summed E-state index contributed by atoms with van der Waals surface area (Å²) in [5.74, 6) is -1.71. The first-order valence-corrected chi connectivity index (χ1v) is 7.94. The van der Waals surface area contributed by atoms with Gasteiger partial charge >= 0.3 is 9.53 Å². The first-order chi connectivity index (χ1) is 10.5. The van der Waals surface area contributed by atoms with E-state index in [0.29, 0.717) is 5.56 Å². The topological polar surface area (TPSA) is 27.7 Å². The Balaban J connectivity index is 2.14. The predicted octanol–water partition coefficient (Wildman–Crippen LogP) is 3.99. The number of halogens is 2. The van der Waals surface area contributed by atoms with Crippen LogP contribution in [-0.4, -0.2) is 23.7 Å². The third-order valence-corrected chi connectivity index (χ3v) is 4.45. The Morgan fingerprint density at radius 2 is 1.45 bits per heavy atom. The van der Waals surface area contributed by atoms with Gasteiger partial charge in [-0.15, -0.1) is 0 Å². The lowest BCUT2D eigenvalue weighted by Crippen LogP contribution is -2.25. The van der Waals surface area contributed by atoms with Crippen LogP contribution in [0.5, 0.6) is 0 Å². The molecule has 0 bridgehead atoms. The summed E-state index contributed by atoms with van der Waals surface area (Å²) in [6, 6.07) is 11.3. The van der Waals surface area contributed by atoms with Crippen LogP contribution < -0.4 is 0 Å². The van der Waals surface area contributed by atoms with Crippen molar-refractivity contribution in [3.8, 4) is 11.1 Å². The minimum Gasteiger partial charge on any atom is -0.375 e. The second kappa shape index (κ2) is 7.60. The zero-order valence-electron chi connectivity index (χ0n) is 12.6. The van der Waals surface area contributed by atoms with E-state index in [9.17, 15) is 8.78 Å². The molecular weight excluding hydrogens is 306 g/mol. The van der Waals surface area contributed by atoms with E-state index in [1.807, 2.05) is 31.2 Å². The molecule has 2 rings (SSSR count). The van der Waals surface area contributed by atoms with Crippen LogP contribution in [0, 0.1) is 11.6 Å². The molecule has 3 nitrogen and oxygen atoms in total. The fourth-order valence-electron chi connectivity index (χ4n) is 2.01. The quantitative estimate of drug-likeness (QED) is 0.753. The van der Waals surface area contributed by atoms with Crippen LogP contribution in [0.2, 0.25) is 0 Å². The summed E-state index contributed by atoms with van der Waals surface area (Å²) >= 11 is 0. The van der Waals surface area contributed by atoms with Crippen LogP contribution in [0.25, 0.3) is 11.1 Å². The molecule has 0 spiro atoms. The number of benzene rings is 2. The largest absolute Gasteiger partial charge is 0.577 e. The summed E-state index contributed by atoms with van der Waals surface area (Å²) in [6.45, 7) is 1.90. The molecule has 0 aliphatic rings. The Morgan fingerprint density at radius 3 is 2.00 bits per heavy atom. The lowest BCUT2D eigenvalue weighted by molar-refractivity contribution is 0.0951. The van der Waals surface area contributed by atoms with Crippen molar-refractivity contribution in [2.45, 2.75) is 13.0 Å². The molecule has 0 aliphatic carbocycles. The first-order valence-electron chi connectivity index (χ1n) is 6.72. The van der Waals surface area contributed by atoms with Crippen molar-refractivity contribution in [3.05, 3.63) is 59.7 Å². The fraction of sp³-hybridized carbons (Fsp3) is 0.250. The van der Waals surface area contributed by atoms with Crippen LogP contribution in [-0.2, 0) is 13.3 Å². The molecule has 0 aliphatic heterocycles. The van der Waals surface area contributed by atoms with Gasteiger partial charge in [-0.25, -0.2) is 8.78 Å². The highest BCUT2D eigenvalue weighted by Gasteiger charge is 2.20. The Bertz CT molecular complexity index is 615. The molecular formula is C16H17F2O3Si. The van der Waals surface area contributed by atoms with Gasteiger partial charge in [-0.2, -0.15) is 0 Å². The zero-order valence-corrected chi connectivity index (χ0v) is 13.6. The van der Waals surface area contributed by atoms with E-state index in [-0.39, 0.29) is 6.10 Å². The van der Waals surface area contributed by atoms with Gasteiger partial charge in [-0.3, -0.25) is 0 Å². The molecule has 1 radical (unpaired) electrons. The molecule has 0 saturated carbocycles. The summed E-state index contributed by atoms with van der Waals surface area (Å²) < 4.78 is 42.1. The van der Waals surface area contributed by atoms with E-state index in [1.165, 1.54) is 20.3 Å². The highest BCUT2D eigenvalue weighted by molar-refractivity contribution is 6.36. The lowest BCUT2D eigenvalue weighted by atomic mass is 10.0. The van der Waals surface area contributed by atoms with Crippen molar-refractivity contribution in [2.75, 3.05) is 14.2 Å². The van der Waals surface area contributed by atoms with Gasteiger partial charge in [-0.05, 0) is 35.7 Å². The SMILES string of the molecule is CO[Si](OC)OC(C)c1ccc(-c2ccc(F)c(F)c2)cc1. The summed E-state index contributed by atoms with van der Waals surface area (Å²) in [4.78, 5) is 0. The first kappa shape index (κ1) is 16.8. The normalized spacial score (nSPS) is 12.6. The van der Waals surface area contributed by atoms with E-state index in [1.54, 1.807) is 6.07 Å². The molecule has 0 fully saturated rings. The minimum absolute atomic E-state index is 0.187. The Kier molecular flexibility index (Phi) is 5.79. The third-order valence-electron chi connectivity index (χ3n) is 3.24. The summed E-state index contributed by atoms with van der Waals surface area (Å²) in [6.07, 6.45) is -0.187. The van der Waals surface area contributed by atoms with Crippen molar-refractivity contribution in [2.24, 2.45) is 0 Å². The molecule has 0 saturated heterocycles. The Labute approximate surface area is 130 Å². The van der Waals surface area contributed by atoms with Crippen LogP contribution in [0.1, 0.15) is 18.6 Å². The molecule has 6 heteroatoms. The molecule has 22 heavy (non-hydrogen) atoms. The molecule has 1 atom stereocenters. The average Bonchev–Trinajstić information content (AvgIpc) is 2.55. The molecule has 2 aromatic rings. The molecule has 0 N–H and O–H groups in total. The Hall–Kier alpha value is -1.60. The van der Waals surface area contributed by atoms with Crippen LogP contribution >= 0.6 is 0 Å². The second-order valence-electron chi connectivity index (χ2n) is 4.67. The van der Waals surface area contributed by atoms with Crippen molar-refractivity contribution in [1.82, 2.24) is 0 Å². The fourth-order valence-corrected chi connectivity index (χ4v) is 2.80. The highest BCUT2D eigenvalue weighted by Crippen LogP contribution is 2.25. The van der Waals surface area contributed by atoms with Gasteiger partial charge in [0.15, 0.2) is 11.6 Å². The molecule has 0 aromatic heterocycles. The van der Waals surface area contributed by atoms with Gasteiger partial charge in [0.05, 0.1) is 6.10 Å². The predicted molar refractivity (Wildman–Crippen MR) is 81.1 cm³/mol. The van der Waals surface area contributed by atoms with Gasteiger partial charge < -0.3 is 13.3 Å². The lowest BCUT2D eigenvalue weighted by Gasteiger charge is -2.17. The van der Waals surface area contributed by atoms with Gasteiger partial charge in [0.25, 0.3) is 0 Å². The van der Waals surface area contributed by atoms with Crippen molar-refractivity contribution >= 4 is 9.53 Å². The molecule has 1 unspecified atom stereocenters. The van der Waals surface area contributed by atoms with E-state index in [2.05, 4.69) is 0 Å². The van der Waals surface area contributed by atoms with Gasteiger partial charge in [0, 0.05) is 14.2 Å². The maximum atomic E-state index is 13.3.